The summed E-state index contributed by atoms with van der Waals surface area (Å²) in [6, 6.07) is 7.33. The predicted octanol–water partition coefficient (Wildman–Crippen LogP) is 0.787. The highest BCUT2D eigenvalue weighted by atomic mass is 16.2. The Morgan fingerprint density at radius 1 is 1.50 bits per heavy atom. The van der Waals surface area contributed by atoms with Gasteiger partial charge in [-0.2, -0.15) is 0 Å². The van der Waals surface area contributed by atoms with Crippen molar-refractivity contribution in [2.75, 3.05) is 6.54 Å². The summed E-state index contributed by atoms with van der Waals surface area (Å²) in [5.41, 5.74) is 7.93. The number of hydrogen-bond acceptors (Lipinski definition) is 2. The van der Waals surface area contributed by atoms with Crippen LogP contribution in [0.1, 0.15) is 5.56 Å². The Balaban J connectivity index is 2.09. The highest BCUT2D eigenvalue weighted by Gasteiger charge is 2.15. The number of carbonyl (C=O) groups is 1. The monoisotopic (exact) mass is 241 g/mol. The second-order valence-electron chi connectivity index (χ2n) is 4.09. The van der Waals surface area contributed by atoms with Gasteiger partial charge in [0.25, 0.3) is 0 Å². The first-order valence-electron chi connectivity index (χ1n) is 5.74. The van der Waals surface area contributed by atoms with Crippen LogP contribution in [0.3, 0.4) is 0 Å². The Morgan fingerprint density at radius 3 is 3.06 bits per heavy atom. The fourth-order valence-electron chi connectivity index (χ4n) is 1.90. The zero-order valence-corrected chi connectivity index (χ0v) is 9.94. The van der Waals surface area contributed by atoms with Crippen LogP contribution in [-0.4, -0.2) is 23.5 Å². The molecule has 0 saturated heterocycles. The molecule has 4 heteroatoms. The molecule has 1 atom stereocenters. The number of fused-ring (bicyclic) bond motifs is 1. The Morgan fingerprint density at radius 2 is 2.28 bits per heavy atom. The molecule has 0 bridgehead atoms. The smallest absolute Gasteiger partial charge is 0.238 e. The summed E-state index contributed by atoms with van der Waals surface area (Å²) in [4.78, 5) is 14.8. The number of aromatic nitrogens is 1. The van der Waals surface area contributed by atoms with E-state index in [1.807, 2.05) is 30.5 Å². The van der Waals surface area contributed by atoms with Gasteiger partial charge >= 0.3 is 0 Å². The summed E-state index contributed by atoms with van der Waals surface area (Å²) in [5.74, 6) is 2.12. The fraction of sp³-hybridized carbons (Fsp3) is 0.214. The van der Waals surface area contributed by atoms with E-state index in [1.165, 1.54) is 0 Å². The average Bonchev–Trinajstić information content (AvgIpc) is 2.79. The van der Waals surface area contributed by atoms with Crippen molar-refractivity contribution < 1.29 is 4.79 Å². The normalized spacial score (nSPS) is 12.0. The first-order valence-corrected chi connectivity index (χ1v) is 5.74. The molecule has 0 aliphatic carbocycles. The van der Waals surface area contributed by atoms with E-state index >= 15 is 0 Å². The average molecular weight is 241 g/mol. The van der Waals surface area contributed by atoms with Crippen molar-refractivity contribution >= 4 is 16.8 Å². The Labute approximate surface area is 106 Å². The molecule has 1 aromatic carbocycles. The van der Waals surface area contributed by atoms with Crippen LogP contribution >= 0.6 is 0 Å². The lowest BCUT2D eigenvalue weighted by Gasteiger charge is -2.10. The van der Waals surface area contributed by atoms with E-state index in [9.17, 15) is 4.79 Å². The van der Waals surface area contributed by atoms with E-state index in [2.05, 4.69) is 16.2 Å². The number of benzene rings is 1. The van der Waals surface area contributed by atoms with Gasteiger partial charge in [-0.1, -0.05) is 24.1 Å². The van der Waals surface area contributed by atoms with Crippen molar-refractivity contribution in [2.45, 2.75) is 12.5 Å². The number of hydrogen-bond donors (Lipinski definition) is 3. The van der Waals surface area contributed by atoms with Crippen molar-refractivity contribution in [1.82, 2.24) is 10.3 Å². The van der Waals surface area contributed by atoms with Crippen LogP contribution in [0, 0.1) is 12.3 Å². The summed E-state index contributed by atoms with van der Waals surface area (Å²) in [6.45, 7) is 0.209. The zero-order valence-electron chi connectivity index (χ0n) is 9.94. The second-order valence-corrected chi connectivity index (χ2v) is 4.09. The van der Waals surface area contributed by atoms with Crippen LogP contribution in [0.4, 0.5) is 0 Å². The lowest BCUT2D eigenvalue weighted by molar-refractivity contribution is -0.122. The maximum Gasteiger partial charge on any atom is 0.238 e. The lowest BCUT2D eigenvalue weighted by atomic mass is 10.1. The molecule has 1 amide bonds. The van der Waals surface area contributed by atoms with Gasteiger partial charge in [0.05, 0.1) is 12.6 Å². The van der Waals surface area contributed by atoms with Crippen LogP contribution in [-0.2, 0) is 11.2 Å². The molecule has 0 spiro atoms. The van der Waals surface area contributed by atoms with E-state index in [-0.39, 0.29) is 12.5 Å². The largest absolute Gasteiger partial charge is 0.361 e. The maximum absolute atomic E-state index is 11.6. The highest BCUT2D eigenvalue weighted by Crippen LogP contribution is 2.18. The van der Waals surface area contributed by atoms with Gasteiger partial charge in [-0.05, 0) is 18.1 Å². The topological polar surface area (TPSA) is 70.9 Å². The van der Waals surface area contributed by atoms with E-state index in [1.54, 1.807) is 0 Å². The van der Waals surface area contributed by atoms with E-state index in [0.29, 0.717) is 6.42 Å². The van der Waals surface area contributed by atoms with Crippen LogP contribution < -0.4 is 11.1 Å². The first-order chi connectivity index (χ1) is 8.72. The zero-order chi connectivity index (χ0) is 13.0. The second kappa shape index (κ2) is 5.39. The van der Waals surface area contributed by atoms with Crippen molar-refractivity contribution in [1.29, 1.82) is 0 Å². The van der Waals surface area contributed by atoms with Gasteiger partial charge in [-0.3, -0.25) is 4.79 Å². The molecule has 0 radical (unpaired) electrons. The number of H-pyrrole nitrogens is 1. The lowest BCUT2D eigenvalue weighted by Crippen LogP contribution is -2.42. The molecule has 92 valence electrons. The number of rotatable bonds is 4. The number of nitrogens with two attached hydrogens (primary N) is 1. The number of amides is 1. The van der Waals surface area contributed by atoms with Gasteiger partial charge < -0.3 is 16.0 Å². The maximum atomic E-state index is 11.6. The van der Waals surface area contributed by atoms with Crippen molar-refractivity contribution in [3.05, 3.63) is 36.0 Å². The van der Waals surface area contributed by atoms with E-state index in [0.717, 1.165) is 16.5 Å². The van der Waals surface area contributed by atoms with Crippen LogP contribution in [0.5, 0.6) is 0 Å². The summed E-state index contributed by atoms with van der Waals surface area (Å²) in [6.07, 6.45) is 7.45. The highest BCUT2D eigenvalue weighted by molar-refractivity contribution is 5.86. The molecule has 1 heterocycles. The van der Waals surface area contributed by atoms with Crippen LogP contribution in [0.25, 0.3) is 10.9 Å². The molecule has 2 aromatic rings. The van der Waals surface area contributed by atoms with Gasteiger partial charge in [0, 0.05) is 17.1 Å². The third kappa shape index (κ3) is 2.53. The Kier molecular flexibility index (Phi) is 3.66. The van der Waals surface area contributed by atoms with Gasteiger partial charge in [-0.15, -0.1) is 6.42 Å². The van der Waals surface area contributed by atoms with Crippen molar-refractivity contribution in [3.8, 4) is 12.3 Å². The summed E-state index contributed by atoms with van der Waals surface area (Å²) >= 11 is 0. The molecule has 0 fully saturated rings. The summed E-state index contributed by atoms with van der Waals surface area (Å²) in [5, 5.41) is 3.68. The number of nitrogens with one attached hydrogen (secondary N) is 2. The minimum absolute atomic E-state index is 0.209. The van der Waals surface area contributed by atoms with Crippen LogP contribution in [0.15, 0.2) is 30.5 Å². The SMILES string of the molecule is C#CCNC(=O)C(N)Cc1c[nH]c2ccccc12. The fourth-order valence-corrected chi connectivity index (χ4v) is 1.90. The minimum atomic E-state index is -0.586. The third-order valence-electron chi connectivity index (χ3n) is 2.82. The molecule has 4 N–H and O–H groups in total. The van der Waals surface area contributed by atoms with Gasteiger partial charge in [0.2, 0.25) is 5.91 Å². The number of aromatic amines is 1. The van der Waals surface area contributed by atoms with Crippen molar-refractivity contribution in [2.24, 2.45) is 5.73 Å². The summed E-state index contributed by atoms with van der Waals surface area (Å²) < 4.78 is 0. The molecule has 2 rings (SSSR count). The quantitative estimate of drug-likeness (QED) is 0.692. The standard InChI is InChI=1S/C14H15N3O/c1-2-7-16-14(18)12(15)8-10-9-17-13-6-4-3-5-11(10)13/h1,3-6,9,12,17H,7-8,15H2,(H,16,18). The molecule has 1 unspecified atom stereocenters. The van der Waals surface area contributed by atoms with Gasteiger partial charge in [0.1, 0.15) is 0 Å². The van der Waals surface area contributed by atoms with E-state index in [4.69, 9.17) is 12.2 Å². The van der Waals surface area contributed by atoms with Crippen LogP contribution in [0.2, 0.25) is 0 Å². The molecule has 18 heavy (non-hydrogen) atoms. The number of para-hydroxylation sites is 1. The number of terminal acetylenes is 1. The molecule has 0 aliphatic rings. The molecule has 0 saturated carbocycles. The molecule has 1 aromatic heterocycles. The summed E-state index contributed by atoms with van der Waals surface area (Å²) in [7, 11) is 0. The molecular formula is C14H15N3O. The van der Waals surface area contributed by atoms with Crippen molar-refractivity contribution in [3.63, 3.8) is 0 Å². The van der Waals surface area contributed by atoms with Gasteiger partial charge in [-0.25, -0.2) is 0 Å². The number of carbonyl (C=O) groups excluding carboxylic acids is 1. The molecule has 4 nitrogen and oxygen atoms in total. The van der Waals surface area contributed by atoms with Gasteiger partial charge in [0.15, 0.2) is 0 Å². The predicted molar refractivity (Wildman–Crippen MR) is 71.8 cm³/mol. The Hall–Kier alpha value is -2.25. The first kappa shape index (κ1) is 12.2. The third-order valence-corrected chi connectivity index (χ3v) is 2.82. The minimum Gasteiger partial charge on any atom is -0.361 e. The van der Waals surface area contributed by atoms with E-state index < -0.39 is 6.04 Å². The molecular weight excluding hydrogens is 226 g/mol. The molecule has 0 aliphatic heterocycles. The Bertz CT molecular complexity index is 594.